The molecular weight excluding hydrogens is 344 g/mol. The van der Waals surface area contributed by atoms with Gasteiger partial charge in [-0.15, -0.1) is 0 Å². The number of nitrogens with one attached hydrogen (secondary N) is 2. The highest BCUT2D eigenvalue weighted by Gasteiger charge is 2.40. The van der Waals surface area contributed by atoms with Gasteiger partial charge in [-0.05, 0) is 24.6 Å². The molecule has 1 heterocycles. The van der Waals surface area contributed by atoms with E-state index in [1.54, 1.807) is 0 Å². The number of nitriles is 1. The molecule has 0 aromatic heterocycles. The lowest BCUT2D eigenvalue weighted by Gasteiger charge is -2.32. The van der Waals surface area contributed by atoms with Crippen LogP contribution in [-0.4, -0.2) is 10.9 Å². The van der Waals surface area contributed by atoms with Crippen molar-refractivity contribution in [2.75, 3.05) is 5.32 Å². The van der Waals surface area contributed by atoms with Gasteiger partial charge in [-0.3, -0.25) is 4.79 Å². The Hall–Kier alpha value is -3.17. The number of anilines is 1. The molecule has 0 radical (unpaired) electrons. The van der Waals surface area contributed by atoms with Gasteiger partial charge in [-0.1, -0.05) is 60.2 Å². The van der Waals surface area contributed by atoms with E-state index in [1.165, 1.54) is 0 Å². The minimum absolute atomic E-state index is 0.200. The molecule has 6 heteroatoms. The number of hydrogen-bond acceptors (Lipinski definition) is 4. The average Bonchev–Trinajstić information content (AvgIpc) is 2.63. The lowest BCUT2D eigenvalue weighted by atomic mass is 9.78. The molecule has 2 aromatic carbocycles. The first-order valence-electron chi connectivity index (χ1n) is 8.14. The predicted molar refractivity (Wildman–Crippen MR) is 105 cm³/mol. The molecule has 0 saturated heterocycles. The van der Waals surface area contributed by atoms with Crippen LogP contribution >= 0.6 is 12.2 Å². The summed E-state index contributed by atoms with van der Waals surface area (Å²) in [6.07, 6.45) is 0. The molecule has 2 aromatic rings. The first kappa shape index (κ1) is 17.6. The third-order valence-corrected chi connectivity index (χ3v) is 4.71. The fourth-order valence-corrected chi connectivity index (χ4v) is 3.39. The summed E-state index contributed by atoms with van der Waals surface area (Å²) < 4.78 is 0. The summed E-state index contributed by atoms with van der Waals surface area (Å²) in [6, 6.07) is 19.0. The fraction of sp³-hybridized carbons (Fsp3) is 0.150. The highest BCUT2D eigenvalue weighted by Crippen LogP contribution is 2.36. The van der Waals surface area contributed by atoms with Crippen LogP contribution in [0.3, 0.4) is 0 Å². The van der Waals surface area contributed by atoms with Gasteiger partial charge in [0.05, 0.1) is 16.6 Å². The summed E-state index contributed by atoms with van der Waals surface area (Å²) in [7, 11) is 0. The van der Waals surface area contributed by atoms with E-state index in [1.807, 2.05) is 61.5 Å². The van der Waals surface area contributed by atoms with Gasteiger partial charge in [-0.2, -0.15) is 5.26 Å². The molecule has 1 aliphatic rings. The van der Waals surface area contributed by atoms with Crippen molar-refractivity contribution in [2.24, 2.45) is 11.7 Å². The number of aryl methyl sites for hydroxylation is 1. The Balaban J connectivity index is 1.99. The second-order valence-corrected chi connectivity index (χ2v) is 6.59. The average molecular weight is 362 g/mol. The normalized spacial score (nSPS) is 19.5. The molecule has 0 bridgehead atoms. The van der Waals surface area contributed by atoms with Crippen LogP contribution in [0.4, 0.5) is 5.69 Å². The van der Waals surface area contributed by atoms with Crippen LogP contribution in [0.15, 0.2) is 66.0 Å². The van der Waals surface area contributed by atoms with Gasteiger partial charge in [0.25, 0.3) is 0 Å². The van der Waals surface area contributed by atoms with Crippen LogP contribution in [0, 0.1) is 24.2 Å². The van der Waals surface area contributed by atoms with Gasteiger partial charge in [0, 0.05) is 11.6 Å². The van der Waals surface area contributed by atoms with E-state index in [2.05, 4.69) is 16.7 Å². The molecule has 0 fully saturated rings. The molecular formula is C20H18N4OS. The topological polar surface area (TPSA) is 90.9 Å². The molecule has 5 nitrogen and oxygen atoms in total. The van der Waals surface area contributed by atoms with E-state index in [0.717, 1.165) is 11.1 Å². The van der Waals surface area contributed by atoms with Crippen molar-refractivity contribution in [3.8, 4) is 6.07 Å². The van der Waals surface area contributed by atoms with Gasteiger partial charge < -0.3 is 16.4 Å². The van der Waals surface area contributed by atoms with E-state index < -0.39 is 11.8 Å². The van der Waals surface area contributed by atoms with Crippen LogP contribution in [0.5, 0.6) is 0 Å². The maximum Gasteiger partial charge on any atom is 0.235 e. The largest absolute Gasteiger partial charge is 0.384 e. The summed E-state index contributed by atoms with van der Waals surface area (Å²) in [5.41, 5.74) is 8.88. The van der Waals surface area contributed by atoms with Crippen LogP contribution in [0.25, 0.3) is 0 Å². The molecule has 0 aliphatic carbocycles. The van der Waals surface area contributed by atoms with E-state index in [-0.39, 0.29) is 11.7 Å². The maximum absolute atomic E-state index is 13.0. The SMILES string of the molecule is Cc1ccc(NC(=O)[C@@H]2C(=S)NC(N)=C(C#N)[C@@H]2c2ccccc2)cc1. The molecule has 130 valence electrons. The van der Waals surface area contributed by atoms with Gasteiger partial charge in [0.1, 0.15) is 11.7 Å². The fourth-order valence-electron chi connectivity index (χ4n) is 3.04. The molecule has 0 unspecified atom stereocenters. The minimum atomic E-state index is -0.726. The smallest absolute Gasteiger partial charge is 0.235 e. The number of amides is 1. The molecule has 1 amide bonds. The van der Waals surface area contributed by atoms with Gasteiger partial charge >= 0.3 is 0 Å². The molecule has 2 atom stereocenters. The second kappa shape index (κ2) is 7.38. The molecule has 0 spiro atoms. The zero-order valence-corrected chi connectivity index (χ0v) is 15.0. The molecule has 3 rings (SSSR count). The van der Waals surface area contributed by atoms with E-state index in [4.69, 9.17) is 18.0 Å². The molecule has 1 aliphatic heterocycles. The van der Waals surface area contributed by atoms with Crippen LogP contribution < -0.4 is 16.4 Å². The number of nitrogens with zero attached hydrogens (tertiary/aromatic N) is 1. The number of benzene rings is 2. The lowest BCUT2D eigenvalue weighted by molar-refractivity contribution is -0.118. The minimum Gasteiger partial charge on any atom is -0.384 e. The Morgan fingerprint density at radius 3 is 2.46 bits per heavy atom. The lowest BCUT2D eigenvalue weighted by Crippen LogP contribution is -2.46. The third kappa shape index (κ3) is 3.44. The van der Waals surface area contributed by atoms with Crippen molar-refractivity contribution in [3.05, 3.63) is 77.1 Å². The van der Waals surface area contributed by atoms with E-state index >= 15 is 0 Å². The number of carbonyl (C=O) groups excluding carboxylic acids is 1. The highest BCUT2D eigenvalue weighted by atomic mass is 32.1. The summed E-state index contributed by atoms with van der Waals surface area (Å²) in [6.45, 7) is 1.98. The monoisotopic (exact) mass is 362 g/mol. The maximum atomic E-state index is 13.0. The van der Waals surface area contributed by atoms with Gasteiger partial charge in [-0.25, -0.2) is 0 Å². The standard InChI is InChI=1S/C20H18N4OS/c1-12-7-9-14(10-8-12)23-19(25)17-16(13-5-3-2-4-6-13)15(11-21)18(22)24-20(17)26/h2-10,16-17H,22H2,1H3,(H,23,25)(H,24,26)/t16-,17+/m0/s1. The molecule has 4 N–H and O–H groups in total. The number of rotatable bonds is 3. The van der Waals surface area contributed by atoms with Crippen molar-refractivity contribution in [2.45, 2.75) is 12.8 Å². The molecule has 26 heavy (non-hydrogen) atoms. The summed E-state index contributed by atoms with van der Waals surface area (Å²) in [5.74, 6) is -1.33. The Labute approximate surface area is 157 Å². The van der Waals surface area contributed by atoms with E-state index in [0.29, 0.717) is 16.2 Å². The van der Waals surface area contributed by atoms with Crippen molar-refractivity contribution >= 4 is 28.8 Å². The van der Waals surface area contributed by atoms with Crippen molar-refractivity contribution in [1.82, 2.24) is 5.32 Å². The summed E-state index contributed by atoms with van der Waals surface area (Å²) >= 11 is 5.40. The quantitative estimate of drug-likeness (QED) is 0.730. The number of carbonyl (C=O) groups is 1. The van der Waals surface area contributed by atoms with Crippen LogP contribution in [-0.2, 0) is 4.79 Å². The van der Waals surface area contributed by atoms with E-state index in [9.17, 15) is 10.1 Å². The first-order chi connectivity index (χ1) is 12.5. The second-order valence-electron chi connectivity index (χ2n) is 6.15. The number of allylic oxidation sites excluding steroid dienone is 1. The van der Waals surface area contributed by atoms with Gasteiger partial charge in [0.15, 0.2) is 0 Å². The third-order valence-electron chi connectivity index (χ3n) is 4.36. The Kier molecular flexibility index (Phi) is 5.01. The number of hydrogen-bond donors (Lipinski definition) is 3. The predicted octanol–water partition coefficient (Wildman–Crippen LogP) is 2.96. The summed E-state index contributed by atoms with van der Waals surface area (Å²) in [5, 5.41) is 15.3. The summed E-state index contributed by atoms with van der Waals surface area (Å²) in [4.78, 5) is 13.3. The first-order valence-corrected chi connectivity index (χ1v) is 8.55. The Morgan fingerprint density at radius 1 is 1.19 bits per heavy atom. The number of nitrogens with two attached hydrogens (primary N) is 1. The highest BCUT2D eigenvalue weighted by molar-refractivity contribution is 7.80. The van der Waals surface area contributed by atoms with Crippen molar-refractivity contribution < 1.29 is 4.79 Å². The van der Waals surface area contributed by atoms with Crippen LogP contribution in [0.2, 0.25) is 0 Å². The Morgan fingerprint density at radius 2 is 1.85 bits per heavy atom. The zero-order chi connectivity index (χ0) is 18.7. The Bertz CT molecular complexity index is 913. The molecule has 0 saturated carbocycles. The van der Waals surface area contributed by atoms with Gasteiger partial charge in [0.2, 0.25) is 5.91 Å². The zero-order valence-electron chi connectivity index (χ0n) is 14.2. The number of thiocarbonyl (C=S) groups is 1. The van der Waals surface area contributed by atoms with Crippen LogP contribution in [0.1, 0.15) is 17.0 Å². The van der Waals surface area contributed by atoms with Crippen molar-refractivity contribution in [1.29, 1.82) is 5.26 Å². The van der Waals surface area contributed by atoms with Crippen molar-refractivity contribution in [3.63, 3.8) is 0 Å².